The van der Waals surface area contributed by atoms with E-state index < -0.39 is 5.97 Å². The topological polar surface area (TPSA) is 75.1 Å². The van der Waals surface area contributed by atoms with Gasteiger partial charge in [0.15, 0.2) is 0 Å². The summed E-state index contributed by atoms with van der Waals surface area (Å²) in [5, 5.41) is 13.3. The molecule has 0 saturated carbocycles. The third-order valence-electron chi connectivity index (χ3n) is 4.70. The second kappa shape index (κ2) is 7.41. The first-order valence-electron chi connectivity index (χ1n) is 9.01. The molecule has 0 spiro atoms. The van der Waals surface area contributed by atoms with E-state index in [1.54, 1.807) is 11.3 Å². The van der Waals surface area contributed by atoms with E-state index in [9.17, 15) is 4.79 Å². The van der Waals surface area contributed by atoms with Gasteiger partial charge in [-0.1, -0.05) is 30.3 Å². The Kier molecular flexibility index (Phi) is 4.84. The molecule has 5 nitrogen and oxygen atoms in total. The smallest absolute Gasteiger partial charge is 0.305 e. The lowest BCUT2D eigenvalue weighted by Gasteiger charge is -2.13. The zero-order valence-corrected chi connectivity index (χ0v) is 15.3. The predicted octanol–water partition coefficient (Wildman–Crippen LogP) is 4.05. The van der Waals surface area contributed by atoms with Gasteiger partial charge in [0.2, 0.25) is 0 Å². The van der Waals surface area contributed by atoms with Gasteiger partial charge in [-0.3, -0.25) is 4.79 Å². The van der Waals surface area contributed by atoms with Crippen molar-refractivity contribution in [2.24, 2.45) is 0 Å². The van der Waals surface area contributed by atoms with Gasteiger partial charge in [-0.05, 0) is 36.8 Å². The number of aryl methyl sites for hydroxylation is 2. The zero-order valence-electron chi connectivity index (χ0n) is 14.5. The first-order valence-corrected chi connectivity index (χ1v) is 9.83. The quantitative estimate of drug-likeness (QED) is 0.687. The highest BCUT2D eigenvalue weighted by atomic mass is 32.1. The van der Waals surface area contributed by atoms with Gasteiger partial charge in [0.1, 0.15) is 16.5 Å². The van der Waals surface area contributed by atoms with E-state index in [0.29, 0.717) is 13.0 Å². The molecule has 0 amide bonds. The summed E-state index contributed by atoms with van der Waals surface area (Å²) in [6, 6.07) is 10.2. The van der Waals surface area contributed by atoms with Crippen LogP contribution in [0.15, 0.2) is 30.3 Å². The molecule has 26 heavy (non-hydrogen) atoms. The van der Waals surface area contributed by atoms with Gasteiger partial charge in [-0.25, -0.2) is 9.97 Å². The molecule has 1 aliphatic rings. The first-order chi connectivity index (χ1) is 12.7. The number of hydrogen-bond acceptors (Lipinski definition) is 5. The molecule has 1 aliphatic carbocycles. The minimum Gasteiger partial charge on any atom is -0.481 e. The molecule has 3 aromatic rings. The van der Waals surface area contributed by atoms with E-state index in [2.05, 4.69) is 17.4 Å². The van der Waals surface area contributed by atoms with E-state index >= 15 is 0 Å². The minimum absolute atomic E-state index is 0.0752. The van der Waals surface area contributed by atoms with Gasteiger partial charge in [-0.2, -0.15) is 0 Å². The number of carboxylic acid groups (broad SMARTS) is 1. The van der Waals surface area contributed by atoms with Crippen LogP contribution in [0.4, 0.5) is 5.82 Å². The van der Waals surface area contributed by atoms with Gasteiger partial charge in [0.05, 0.1) is 11.8 Å². The fourth-order valence-corrected chi connectivity index (χ4v) is 4.75. The van der Waals surface area contributed by atoms with Crippen molar-refractivity contribution >= 4 is 33.3 Å². The van der Waals surface area contributed by atoms with Crippen LogP contribution in [0.25, 0.3) is 10.2 Å². The van der Waals surface area contributed by atoms with Crippen molar-refractivity contribution in [2.45, 2.75) is 38.5 Å². The van der Waals surface area contributed by atoms with Gasteiger partial charge in [0, 0.05) is 17.8 Å². The van der Waals surface area contributed by atoms with E-state index in [1.807, 2.05) is 18.2 Å². The van der Waals surface area contributed by atoms with Crippen LogP contribution in [0.3, 0.4) is 0 Å². The van der Waals surface area contributed by atoms with Crippen LogP contribution in [0.2, 0.25) is 0 Å². The zero-order chi connectivity index (χ0) is 17.9. The van der Waals surface area contributed by atoms with Gasteiger partial charge < -0.3 is 10.4 Å². The lowest BCUT2D eigenvalue weighted by molar-refractivity contribution is -0.136. The van der Waals surface area contributed by atoms with E-state index in [0.717, 1.165) is 34.7 Å². The summed E-state index contributed by atoms with van der Waals surface area (Å²) in [7, 11) is 0. The second-order valence-electron chi connectivity index (χ2n) is 6.61. The van der Waals surface area contributed by atoms with Crippen molar-refractivity contribution in [3.63, 3.8) is 0 Å². The van der Waals surface area contributed by atoms with Crippen molar-refractivity contribution < 1.29 is 9.90 Å². The summed E-state index contributed by atoms with van der Waals surface area (Å²) in [5.41, 5.74) is 2.53. The lowest BCUT2D eigenvalue weighted by Crippen LogP contribution is -2.11. The molecule has 0 radical (unpaired) electrons. The fourth-order valence-electron chi connectivity index (χ4n) is 3.47. The maximum atomic E-state index is 10.9. The second-order valence-corrected chi connectivity index (χ2v) is 7.70. The van der Waals surface area contributed by atoms with Gasteiger partial charge in [-0.15, -0.1) is 11.3 Å². The number of carbonyl (C=O) groups is 1. The third kappa shape index (κ3) is 3.55. The number of hydrogen-bond donors (Lipinski definition) is 2. The molecule has 1 aromatic carbocycles. The summed E-state index contributed by atoms with van der Waals surface area (Å²) in [6.45, 7) is 0.372. The highest BCUT2D eigenvalue weighted by Gasteiger charge is 2.21. The van der Waals surface area contributed by atoms with Gasteiger partial charge >= 0.3 is 5.97 Å². The maximum Gasteiger partial charge on any atom is 0.305 e. The first kappa shape index (κ1) is 17.0. The van der Waals surface area contributed by atoms with Crippen molar-refractivity contribution in [1.82, 2.24) is 9.97 Å². The number of nitrogens with one attached hydrogen (secondary N) is 1. The average Bonchev–Trinajstić information content (AvgIpc) is 3.00. The Labute approximate surface area is 156 Å². The molecule has 0 atom stereocenters. The van der Waals surface area contributed by atoms with Crippen LogP contribution < -0.4 is 5.32 Å². The predicted molar refractivity (Wildman–Crippen MR) is 104 cm³/mol. The monoisotopic (exact) mass is 367 g/mol. The van der Waals surface area contributed by atoms with Crippen molar-refractivity contribution in [3.05, 3.63) is 52.2 Å². The summed E-state index contributed by atoms with van der Waals surface area (Å²) < 4.78 is 0. The Hall–Kier alpha value is -2.47. The normalized spacial score (nSPS) is 13.5. The van der Waals surface area contributed by atoms with Crippen LogP contribution in [0, 0.1) is 0 Å². The Balaban J connectivity index is 1.73. The molecule has 0 unspecified atom stereocenters. The number of nitrogens with zero attached hydrogens (tertiary/aromatic N) is 2. The Morgan fingerprint density at radius 3 is 2.77 bits per heavy atom. The Morgan fingerprint density at radius 1 is 1.15 bits per heavy atom. The van der Waals surface area contributed by atoms with E-state index in [1.165, 1.54) is 28.8 Å². The number of rotatable bonds is 6. The van der Waals surface area contributed by atoms with Crippen LogP contribution in [0.1, 0.15) is 41.1 Å². The molecule has 0 bridgehead atoms. The molecular weight excluding hydrogens is 346 g/mol. The number of carboxylic acids is 1. The highest BCUT2D eigenvalue weighted by molar-refractivity contribution is 7.19. The van der Waals surface area contributed by atoms with Crippen molar-refractivity contribution in [3.8, 4) is 0 Å². The minimum atomic E-state index is -0.806. The summed E-state index contributed by atoms with van der Waals surface area (Å²) in [4.78, 5) is 22.9. The van der Waals surface area contributed by atoms with E-state index in [4.69, 9.17) is 15.1 Å². The molecule has 6 heteroatoms. The Morgan fingerprint density at radius 2 is 1.96 bits per heavy atom. The molecule has 2 heterocycles. The van der Waals surface area contributed by atoms with Crippen molar-refractivity contribution in [1.29, 1.82) is 0 Å². The van der Waals surface area contributed by atoms with E-state index in [-0.39, 0.29) is 6.42 Å². The molecular formula is C20H21N3O2S. The molecule has 134 valence electrons. The molecule has 2 N–H and O–H groups in total. The number of aliphatic carboxylic acids is 1. The summed E-state index contributed by atoms with van der Waals surface area (Å²) in [6.07, 6.45) is 5.34. The number of anilines is 1. The van der Waals surface area contributed by atoms with Gasteiger partial charge in [0.25, 0.3) is 0 Å². The molecule has 0 aliphatic heterocycles. The number of thiophene rings is 1. The molecule has 0 fully saturated rings. The number of fused-ring (bicyclic) bond motifs is 3. The lowest BCUT2D eigenvalue weighted by atomic mass is 9.97. The number of aromatic nitrogens is 2. The van der Waals surface area contributed by atoms with Crippen LogP contribution in [-0.2, 0) is 24.1 Å². The molecule has 0 saturated heterocycles. The highest BCUT2D eigenvalue weighted by Crippen LogP contribution is 2.38. The third-order valence-corrected chi connectivity index (χ3v) is 5.88. The van der Waals surface area contributed by atoms with Crippen LogP contribution in [0.5, 0.6) is 0 Å². The van der Waals surface area contributed by atoms with Crippen LogP contribution >= 0.6 is 11.3 Å². The van der Waals surface area contributed by atoms with Crippen molar-refractivity contribution in [2.75, 3.05) is 11.9 Å². The Bertz CT molecular complexity index is 937. The van der Waals surface area contributed by atoms with Crippen LogP contribution in [-0.4, -0.2) is 27.6 Å². The fraction of sp³-hybridized carbons (Fsp3) is 0.350. The largest absolute Gasteiger partial charge is 0.481 e. The standard InChI is InChI=1S/C20H21N3O2S/c24-17(25)10-11-21-19-18-14-8-4-5-9-15(14)26-20(18)23-16(22-19)12-13-6-2-1-3-7-13/h1-3,6-7H,4-5,8-12H2,(H,24,25)(H,21,22,23). The summed E-state index contributed by atoms with van der Waals surface area (Å²) >= 11 is 1.77. The maximum absolute atomic E-state index is 10.9. The SMILES string of the molecule is O=C(O)CCNc1nc(Cc2ccccc2)nc2sc3c(c12)CCCC3. The number of benzene rings is 1. The summed E-state index contributed by atoms with van der Waals surface area (Å²) in [5.74, 6) is 0.765. The average molecular weight is 367 g/mol. The molecule has 2 aromatic heterocycles. The molecule has 4 rings (SSSR count).